The largest absolute Gasteiger partial charge is 0.462 e. The standard InChI is InChI=1S/C5H4O2.Cu.H4Si/c6-4-5-2-1-3-7-5;;/h1-4H;;1H4. The molecule has 1 heterocycles. The van der Waals surface area contributed by atoms with E-state index in [2.05, 4.69) is 4.42 Å². The number of aldehydes is 1. The fraction of sp³-hybridized carbons (Fsp3) is 0. The molecule has 9 heavy (non-hydrogen) atoms. The topological polar surface area (TPSA) is 30.2 Å². The van der Waals surface area contributed by atoms with Gasteiger partial charge in [-0.3, -0.25) is 4.79 Å². The summed E-state index contributed by atoms with van der Waals surface area (Å²) in [7, 11) is 0. The van der Waals surface area contributed by atoms with E-state index in [1.165, 1.54) is 6.26 Å². The second-order valence-electron chi connectivity index (χ2n) is 1.13. The van der Waals surface area contributed by atoms with Crippen LogP contribution in [0.5, 0.6) is 0 Å². The minimum Gasteiger partial charge on any atom is -0.462 e. The molecule has 0 bridgehead atoms. The number of carbonyl (C=O) groups excluding carboxylic acids is 1. The molecule has 0 aliphatic rings. The normalized spacial score (nSPS) is 6.67. The molecular weight excluding hydrogens is 184 g/mol. The summed E-state index contributed by atoms with van der Waals surface area (Å²) < 4.78 is 4.61. The van der Waals surface area contributed by atoms with E-state index >= 15 is 0 Å². The van der Waals surface area contributed by atoms with Gasteiger partial charge in [0.1, 0.15) is 0 Å². The van der Waals surface area contributed by atoms with Gasteiger partial charge in [-0.15, -0.1) is 0 Å². The fourth-order valence-electron chi connectivity index (χ4n) is 0.358. The second kappa shape index (κ2) is 5.82. The Kier molecular flexibility index (Phi) is 7.42. The smallest absolute Gasteiger partial charge is 0.185 e. The summed E-state index contributed by atoms with van der Waals surface area (Å²) in [5.41, 5.74) is 0. The van der Waals surface area contributed by atoms with Crippen LogP contribution in [0.25, 0.3) is 0 Å². The number of furan rings is 1. The van der Waals surface area contributed by atoms with E-state index in [0.29, 0.717) is 12.0 Å². The van der Waals surface area contributed by atoms with Gasteiger partial charge in [0.15, 0.2) is 12.0 Å². The van der Waals surface area contributed by atoms with Gasteiger partial charge in [-0.05, 0) is 23.1 Å². The Balaban J connectivity index is 0. The van der Waals surface area contributed by atoms with Crippen LogP contribution in [0.3, 0.4) is 0 Å². The van der Waals surface area contributed by atoms with E-state index in [4.69, 9.17) is 0 Å². The van der Waals surface area contributed by atoms with Crippen LogP contribution in [0, 0.1) is 0 Å². The fourth-order valence-corrected chi connectivity index (χ4v) is 0.358. The van der Waals surface area contributed by atoms with Crippen molar-refractivity contribution < 1.29 is 26.3 Å². The zero-order chi connectivity index (χ0) is 5.11. The molecule has 2 nitrogen and oxygen atoms in total. The minimum atomic E-state index is 0. The van der Waals surface area contributed by atoms with Gasteiger partial charge in [0.05, 0.1) is 6.26 Å². The Hall–Kier alpha value is -0.314. The maximum atomic E-state index is 9.77. The van der Waals surface area contributed by atoms with E-state index in [9.17, 15) is 4.79 Å². The van der Waals surface area contributed by atoms with Gasteiger partial charge in [-0.1, -0.05) is 0 Å². The summed E-state index contributed by atoms with van der Waals surface area (Å²) in [6, 6.07) is 3.27. The maximum Gasteiger partial charge on any atom is 0.185 e. The third-order valence-corrected chi connectivity index (χ3v) is 0.659. The first-order valence-electron chi connectivity index (χ1n) is 1.92. The molecule has 0 unspecified atom stereocenters. The molecular formula is C5H8CuO2Si. The number of carbonyl (C=O) groups is 1. The summed E-state index contributed by atoms with van der Waals surface area (Å²) in [5, 5.41) is 0. The van der Waals surface area contributed by atoms with Gasteiger partial charge in [-0.2, -0.15) is 0 Å². The second-order valence-corrected chi connectivity index (χ2v) is 1.13. The van der Waals surface area contributed by atoms with Gasteiger partial charge in [-0.25, -0.2) is 0 Å². The molecule has 0 aromatic carbocycles. The van der Waals surface area contributed by atoms with Crippen LogP contribution in [0.2, 0.25) is 0 Å². The summed E-state index contributed by atoms with van der Waals surface area (Å²) in [5.74, 6) is 0.375. The van der Waals surface area contributed by atoms with Crippen LogP contribution in [0.4, 0.5) is 0 Å². The predicted molar refractivity (Wildman–Crippen MR) is 35.4 cm³/mol. The van der Waals surface area contributed by atoms with E-state index in [1.54, 1.807) is 12.1 Å². The van der Waals surface area contributed by atoms with Crippen molar-refractivity contribution in [2.24, 2.45) is 0 Å². The van der Waals surface area contributed by atoms with Crippen LogP contribution in [-0.2, 0) is 17.1 Å². The molecule has 4 heteroatoms. The first-order valence-corrected chi connectivity index (χ1v) is 1.92. The van der Waals surface area contributed by atoms with Crippen molar-refractivity contribution in [2.75, 3.05) is 0 Å². The first kappa shape index (κ1) is 11.5. The molecule has 1 radical (unpaired) electrons. The molecule has 0 fully saturated rings. The molecule has 1 rings (SSSR count). The predicted octanol–water partition coefficient (Wildman–Crippen LogP) is -0.362. The molecule has 0 aliphatic heterocycles. The van der Waals surface area contributed by atoms with E-state index < -0.39 is 0 Å². The zero-order valence-corrected chi connectivity index (χ0v) is 4.87. The van der Waals surface area contributed by atoms with Gasteiger partial charge >= 0.3 is 0 Å². The molecule has 1 aromatic heterocycles. The van der Waals surface area contributed by atoms with E-state index in [1.807, 2.05) is 0 Å². The zero-order valence-electron chi connectivity index (χ0n) is 3.93. The average molecular weight is 192 g/mol. The first-order chi connectivity index (χ1) is 3.43. The summed E-state index contributed by atoms with van der Waals surface area (Å²) >= 11 is 0. The van der Waals surface area contributed by atoms with Crippen LogP contribution in [0.1, 0.15) is 10.6 Å². The summed E-state index contributed by atoms with van der Waals surface area (Å²) in [4.78, 5) is 9.77. The molecule has 0 aliphatic carbocycles. The van der Waals surface area contributed by atoms with Crippen molar-refractivity contribution in [3.63, 3.8) is 0 Å². The molecule has 0 spiro atoms. The Morgan fingerprint density at radius 1 is 1.56 bits per heavy atom. The minimum absolute atomic E-state index is 0. The third kappa shape index (κ3) is 3.29. The SMILES string of the molecule is O=Cc1ccco1.[Cu].[SiH4]. The van der Waals surface area contributed by atoms with Crippen molar-refractivity contribution in [2.45, 2.75) is 0 Å². The molecule has 0 N–H and O–H groups in total. The van der Waals surface area contributed by atoms with Crippen LogP contribution < -0.4 is 0 Å². The van der Waals surface area contributed by atoms with E-state index in [-0.39, 0.29) is 28.0 Å². The molecule has 55 valence electrons. The van der Waals surface area contributed by atoms with Crippen molar-refractivity contribution in [1.29, 1.82) is 0 Å². The van der Waals surface area contributed by atoms with Crippen molar-refractivity contribution >= 4 is 17.3 Å². The van der Waals surface area contributed by atoms with E-state index in [0.717, 1.165) is 0 Å². The van der Waals surface area contributed by atoms with Gasteiger partial charge in [0.25, 0.3) is 0 Å². The quantitative estimate of drug-likeness (QED) is 0.449. The van der Waals surface area contributed by atoms with Crippen LogP contribution in [-0.4, -0.2) is 17.3 Å². The number of hydrogen-bond donors (Lipinski definition) is 0. The Bertz CT molecular complexity index is 150. The Morgan fingerprint density at radius 2 is 2.22 bits per heavy atom. The van der Waals surface area contributed by atoms with Crippen LogP contribution >= 0.6 is 0 Å². The van der Waals surface area contributed by atoms with Crippen LogP contribution in [0.15, 0.2) is 22.8 Å². The summed E-state index contributed by atoms with van der Waals surface area (Å²) in [6.07, 6.45) is 2.13. The van der Waals surface area contributed by atoms with Gasteiger partial charge < -0.3 is 4.42 Å². The number of rotatable bonds is 1. The monoisotopic (exact) mass is 191 g/mol. The van der Waals surface area contributed by atoms with Crippen molar-refractivity contribution in [3.8, 4) is 0 Å². The molecule has 0 saturated heterocycles. The molecule has 1 aromatic rings. The summed E-state index contributed by atoms with van der Waals surface area (Å²) in [6.45, 7) is 0. The maximum absolute atomic E-state index is 9.77. The average Bonchev–Trinajstić information content (AvgIpc) is 2.14. The molecule has 0 saturated carbocycles. The van der Waals surface area contributed by atoms with Gasteiger partial charge in [0.2, 0.25) is 0 Å². The third-order valence-electron chi connectivity index (χ3n) is 0.659. The molecule has 0 atom stereocenters. The Morgan fingerprint density at radius 3 is 2.44 bits per heavy atom. The van der Waals surface area contributed by atoms with Crippen molar-refractivity contribution in [3.05, 3.63) is 24.2 Å². The van der Waals surface area contributed by atoms with Gasteiger partial charge in [0, 0.05) is 17.1 Å². The Labute approximate surface area is 68.1 Å². The molecule has 0 amide bonds. The van der Waals surface area contributed by atoms with Crippen molar-refractivity contribution in [1.82, 2.24) is 0 Å². The number of hydrogen-bond acceptors (Lipinski definition) is 2.